The lowest BCUT2D eigenvalue weighted by Crippen LogP contribution is -2.54. The second-order valence-corrected chi connectivity index (χ2v) is 24.9. The predicted molar refractivity (Wildman–Crippen MR) is 227 cm³/mol. The van der Waals surface area contributed by atoms with E-state index in [1.165, 1.54) is 5.57 Å². The molecule has 58 heavy (non-hydrogen) atoms. The van der Waals surface area contributed by atoms with Gasteiger partial charge in [0.15, 0.2) is 19.9 Å². The molecule has 11 bridgehead atoms. The topological polar surface area (TPSA) is 90.9 Å². The van der Waals surface area contributed by atoms with Gasteiger partial charge in [-0.05, 0) is 110 Å². The van der Waals surface area contributed by atoms with Crippen LogP contribution in [0.4, 0.5) is 0 Å². The van der Waals surface area contributed by atoms with Gasteiger partial charge in [-0.2, -0.15) is 0 Å². The van der Waals surface area contributed by atoms with E-state index in [1.807, 2.05) is 6.08 Å². The zero-order valence-electron chi connectivity index (χ0n) is 36.9. The molecule has 9 aliphatic heterocycles. The van der Waals surface area contributed by atoms with E-state index in [0.717, 1.165) is 101 Å². The van der Waals surface area contributed by atoms with Crippen LogP contribution in [-0.2, 0) is 42.4 Å². The van der Waals surface area contributed by atoms with Gasteiger partial charge in [0.2, 0.25) is 0 Å². The van der Waals surface area contributed by atoms with Crippen molar-refractivity contribution < 1.29 is 42.4 Å². The summed E-state index contributed by atoms with van der Waals surface area (Å²) in [6.45, 7) is 25.9. The van der Waals surface area contributed by atoms with Crippen LogP contribution in [0.2, 0.25) is 18.1 Å². The summed E-state index contributed by atoms with van der Waals surface area (Å²) in [5, 5.41) is 0. The van der Waals surface area contributed by atoms with Crippen molar-refractivity contribution in [3.05, 3.63) is 36.5 Å². The molecule has 0 N–H and O–H groups in total. The summed E-state index contributed by atoms with van der Waals surface area (Å²) in [7, 11) is -1.68. The van der Waals surface area contributed by atoms with Crippen LogP contribution in [0, 0.1) is 29.6 Å². The molecule has 0 saturated carbocycles. The quantitative estimate of drug-likeness (QED) is 0.176. The molecule has 0 aromatic carbocycles. The minimum atomic E-state index is -1.68. The van der Waals surface area contributed by atoms with Gasteiger partial charge >= 0.3 is 0 Å². The summed E-state index contributed by atoms with van der Waals surface area (Å²) < 4.78 is 54.7. The third kappa shape index (κ3) is 8.72. The molecular formula is C48H76O9Si. The Morgan fingerprint density at radius 3 is 2.29 bits per heavy atom. The van der Waals surface area contributed by atoms with E-state index in [4.69, 9.17) is 37.6 Å². The van der Waals surface area contributed by atoms with Crippen LogP contribution in [0.3, 0.4) is 0 Å². The van der Waals surface area contributed by atoms with E-state index < -0.39 is 14.1 Å². The number of carbonyl (C=O) groups excluding carboxylic acids is 1. The molecule has 0 amide bonds. The number of ether oxygens (including phenoxy) is 7. The van der Waals surface area contributed by atoms with E-state index in [1.54, 1.807) is 0 Å². The first-order valence-corrected chi connectivity index (χ1v) is 26.2. The molecule has 0 radical (unpaired) electrons. The normalized spacial score (nSPS) is 46.4. The molecule has 0 aromatic heterocycles. The number of fused-ring (bicyclic) bond motifs is 6. The lowest BCUT2D eigenvalue weighted by atomic mass is 9.79. The summed E-state index contributed by atoms with van der Waals surface area (Å²) in [5.74, 6) is 0.722. The van der Waals surface area contributed by atoms with Gasteiger partial charge in [-0.15, -0.1) is 0 Å². The molecule has 1 spiro atoms. The average Bonchev–Trinajstić information content (AvgIpc) is 3.87. The lowest BCUT2D eigenvalue weighted by Gasteiger charge is -2.42. The highest BCUT2D eigenvalue weighted by Crippen LogP contribution is 2.54. The second-order valence-electron chi connectivity index (χ2n) is 20.1. The van der Waals surface area contributed by atoms with E-state index in [9.17, 15) is 4.79 Å². The fourth-order valence-corrected chi connectivity index (χ4v) is 15.0. The van der Waals surface area contributed by atoms with Crippen molar-refractivity contribution >= 4 is 14.1 Å². The average molecular weight is 825 g/mol. The molecule has 18 atom stereocenters. The Hall–Kier alpha value is -1.21. The summed E-state index contributed by atoms with van der Waals surface area (Å²) in [6, 6.07) is 3.47. The number of carbonyl (C=O) groups is 1. The van der Waals surface area contributed by atoms with E-state index >= 15 is 0 Å². The molecule has 0 aromatic rings. The first kappa shape index (κ1) is 43.4. The van der Waals surface area contributed by atoms with Crippen LogP contribution in [0.1, 0.15) is 126 Å². The van der Waals surface area contributed by atoms with Crippen molar-refractivity contribution in [2.75, 3.05) is 6.61 Å². The Bertz CT molecular complexity index is 1500. The highest BCUT2D eigenvalue weighted by atomic mass is 28.4. The Morgan fingerprint density at radius 2 is 1.52 bits per heavy atom. The third-order valence-electron chi connectivity index (χ3n) is 16.4. The van der Waals surface area contributed by atoms with Crippen LogP contribution in [-0.4, -0.2) is 99.7 Å². The Labute approximate surface area is 350 Å². The van der Waals surface area contributed by atoms with Gasteiger partial charge in [0.05, 0.1) is 54.9 Å². The van der Waals surface area contributed by atoms with Crippen LogP contribution >= 0.6 is 0 Å². The minimum Gasteiger partial charge on any atom is -0.417 e. The van der Waals surface area contributed by atoms with Crippen molar-refractivity contribution in [3.8, 4) is 0 Å². The summed E-state index contributed by atoms with van der Waals surface area (Å²) in [4.78, 5) is 13.8. The maximum Gasteiger partial charge on any atom is 0.191 e. The number of hydrogen-bond acceptors (Lipinski definition) is 9. The fourth-order valence-electron chi connectivity index (χ4n) is 12.3. The van der Waals surface area contributed by atoms with Gasteiger partial charge in [0, 0.05) is 38.2 Å². The molecule has 0 aliphatic carbocycles. The largest absolute Gasteiger partial charge is 0.417 e. The van der Waals surface area contributed by atoms with E-state index in [-0.39, 0.29) is 96.8 Å². The van der Waals surface area contributed by atoms with Gasteiger partial charge in [-0.25, -0.2) is 0 Å². The molecule has 9 nitrogen and oxygen atoms in total. The van der Waals surface area contributed by atoms with Gasteiger partial charge in [0.1, 0.15) is 18.3 Å². The molecule has 8 fully saturated rings. The highest BCUT2D eigenvalue weighted by molar-refractivity contribution is 6.73. The smallest absolute Gasteiger partial charge is 0.191 e. The Balaban J connectivity index is 0.998. The Morgan fingerprint density at radius 1 is 0.793 bits per heavy atom. The maximum absolute atomic E-state index is 13.8. The monoisotopic (exact) mass is 825 g/mol. The molecule has 10 heteroatoms. The maximum atomic E-state index is 13.8. The van der Waals surface area contributed by atoms with Crippen molar-refractivity contribution in [1.82, 2.24) is 0 Å². The summed E-state index contributed by atoms with van der Waals surface area (Å²) in [6.07, 6.45) is 13.4. The number of rotatable bonds is 8. The molecule has 326 valence electrons. The molecular weight excluding hydrogens is 749 g/mol. The van der Waals surface area contributed by atoms with Crippen LogP contribution in [0.5, 0.6) is 0 Å². The number of allylic oxidation sites excluding steroid dienone is 2. The molecule has 9 aliphatic rings. The van der Waals surface area contributed by atoms with Gasteiger partial charge in [-0.1, -0.05) is 67.7 Å². The van der Waals surface area contributed by atoms with Crippen LogP contribution < -0.4 is 0 Å². The molecule has 9 heterocycles. The summed E-state index contributed by atoms with van der Waals surface area (Å²) >= 11 is 0. The fraction of sp³-hybridized carbons (Fsp3) is 0.854. The standard InChI is InChI=1S/C48H76O9Si/c1-10-58(11-2,12-3)50-27-28(4)21-40-32(8)37-24-34(49)15-13-14-16-39-33(9)44-46-47(54-39)45-43(55-46)26-48(56-44,57-45)20-19-36-23-30(6)38(51-36)18-17-35-22-29(5)31(7)41(52-35)25-42(37)53-40/h13,15,28-29,32-33,35-47H,6-7,10-12,14,16-27H2,1-5,8-9H3. The number of ketones is 1. The number of hydrogen-bond donors (Lipinski definition) is 0. The van der Waals surface area contributed by atoms with Gasteiger partial charge in [-0.3, -0.25) is 4.79 Å². The zero-order chi connectivity index (χ0) is 40.9. The lowest BCUT2D eigenvalue weighted by molar-refractivity contribution is -0.263. The first-order valence-electron chi connectivity index (χ1n) is 23.7. The van der Waals surface area contributed by atoms with Crippen LogP contribution in [0.25, 0.3) is 0 Å². The van der Waals surface area contributed by atoms with E-state index in [0.29, 0.717) is 18.3 Å². The molecule has 8 saturated heterocycles. The van der Waals surface area contributed by atoms with Crippen molar-refractivity contribution in [2.45, 2.75) is 223 Å². The Kier molecular flexibility index (Phi) is 13.4. The minimum absolute atomic E-state index is 0.00161. The predicted octanol–water partition coefficient (Wildman–Crippen LogP) is 9.43. The second kappa shape index (κ2) is 17.9. The summed E-state index contributed by atoms with van der Waals surface area (Å²) in [5.41, 5.74) is 2.34. The first-order chi connectivity index (χ1) is 27.8. The van der Waals surface area contributed by atoms with Crippen molar-refractivity contribution in [2.24, 2.45) is 29.6 Å². The zero-order valence-corrected chi connectivity index (χ0v) is 37.9. The molecule has 18 unspecified atom stereocenters. The third-order valence-corrected chi connectivity index (χ3v) is 21.0. The highest BCUT2D eigenvalue weighted by Gasteiger charge is 2.67. The van der Waals surface area contributed by atoms with Crippen molar-refractivity contribution in [3.63, 3.8) is 0 Å². The van der Waals surface area contributed by atoms with Gasteiger partial charge < -0.3 is 37.6 Å². The van der Waals surface area contributed by atoms with Gasteiger partial charge in [0.25, 0.3) is 0 Å². The molecule has 9 rings (SSSR count). The van der Waals surface area contributed by atoms with Crippen LogP contribution in [0.15, 0.2) is 36.5 Å². The van der Waals surface area contributed by atoms with Crippen molar-refractivity contribution in [1.29, 1.82) is 0 Å². The van der Waals surface area contributed by atoms with E-state index in [2.05, 4.69) is 67.7 Å². The SMILES string of the molecule is C=C1CC2CCC34CC5OC6C(O3)C(C)C(CCC=CC(=O)CC3C(CC7OC(CCC1O2)CC(C)C7=C)OC(CC(C)CO[Si](CC)(CC)CC)C3C)OC6C5O4.